The third-order valence-electron chi connectivity index (χ3n) is 4.04. The highest BCUT2D eigenvalue weighted by Crippen LogP contribution is 2.21. The summed E-state index contributed by atoms with van der Waals surface area (Å²) < 4.78 is 27.3. The van der Waals surface area contributed by atoms with E-state index in [1.807, 2.05) is 19.9 Å². The molecular weight excluding hydrogens is 338 g/mol. The molecule has 1 aliphatic heterocycles. The van der Waals surface area contributed by atoms with Crippen LogP contribution in [-0.4, -0.2) is 26.5 Å². The molecule has 0 amide bonds. The summed E-state index contributed by atoms with van der Waals surface area (Å²) in [7, 11) is -3.62. The minimum absolute atomic E-state index is 0.0307. The summed E-state index contributed by atoms with van der Waals surface area (Å²) in [5.41, 5.74) is 7.37. The van der Waals surface area contributed by atoms with E-state index >= 15 is 0 Å². The zero-order valence-corrected chi connectivity index (χ0v) is 14.9. The van der Waals surface area contributed by atoms with Gasteiger partial charge in [-0.2, -0.15) is 10.2 Å². The zero-order valence-electron chi connectivity index (χ0n) is 14.0. The molecule has 2 atom stereocenters. The second-order valence-electron chi connectivity index (χ2n) is 6.04. The Bertz CT molecular complexity index is 827. The Hall–Kier alpha value is -2.29. The Morgan fingerprint density at radius 1 is 0.920 bits per heavy atom. The molecule has 1 saturated heterocycles. The number of nitrogens with one attached hydrogen (secondary N) is 3. The lowest BCUT2D eigenvalue weighted by Gasteiger charge is -2.10. The van der Waals surface area contributed by atoms with Crippen LogP contribution >= 0.6 is 0 Å². The minimum atomic E-state index is -3.62. The first-order valence-corrected chi connectivity index (χ1v) is 9.54. The molecule has 2 unspecified atom stereocenters. The number of hydrazine groups is 1. The van der Waals surface area contributed by atoms with Crippen LogP contribution in [0.5, 0.6) is 0 Å². The van der Waals surface area contributed by atoms with Crippen LogP contribution in [0.4, 0.5) is 11.4 Å². The lowest BCUT2D eigenvalue weighted by atomic mass is 10.1. The van der Waals surface area contributed by atoms with Crippen molar-refractivity contribution in [2.75, 3.05) is 4.72 Å². The molecule has 3 rings (SSSR count). The highest BCUT2D eigenvalue weighted by Gasteiger charge is 2.29. The summed E-state index contributed by atoms with van der Waals surface area (Å²) >= 11 is 0. The van der Waals surface area contributed by atoms with E-state index < -0.39 is 10.0 Å². The van der Waals surface area contributed by atoms with Gasteiger partial charge in [-0.05, 0) is 50.2 Å². The Balaban J connectivity index is 1.71. The van der Waals surface area contributed by atoms with Gasteiger partial charge in [-0.25, -0.2) is 8.42 Å². The summed E-state index contributed by atoms with van der Waals surface area (Å²) in [6.07, 6.45) is 0. The Morgan fingerprint density at radius 2 is 1.52 bits per heavy atom. The molecule has 0 aliphatic carbocycles. The van der Waals surface area contributed by atoms with Crippen molar-refractivity contribution in [1.29, 1.82) is 0 Å². The van der Waals surface area contributed by atoms with E-state index in [-0.39, 0.29) is 23.0 Å². The average molecular weight is 359 g/mol. The van der Waals surface area contributed by atoms with Gasteiger partial charge in [0.2, 0.25) is 0 Å². The SMILES string of the molecule is CC1NNC(C)C1N=Nc1ccc(S(=O)(=O)Nc2ccccc2)cc1. The van der Waals surface area contributed by atoms with Crippen molar-refractivity contribution in [2.24, 2.45) is 10.2 Å². The van der Waals surface area contributed by atoms with Crippen molar-refractivity contribution in [3.63, 3.8) is 0 Å². The third-order valence-corrected chi connectivity index (χ3v) is 5.44. The fraction of sp³-hybridized carbons (Fsp3) is 0.294. The molecule has 132 valence electrons. The first-order valence-electron chi connectivity index (χ1n) is 8.05. The fourth-order valence-electron chi connectivity index (χ4n) is 2.61. The number of anilines is 1. The van der Waals surface area contributed by atoms with E-state index in [0.717, 1.165) is 0 Å². The van der Waals surface area contributed by atoms with Crippen molar-refractivity contribution in [3.8, 4) is 0 Å². The third kappa shape index (κ3) is 4.22. The zero-order chi connectivity index (χ0) is 17.9. The van der Waals surface area contributed by atoms with Crippen LogP contribution in [0.1, 0.15) is 13.8 Å². The molecule has 1 fully saturated rings. The van der Waals surface area contributed by atoms with E-state index in [1.165, 1.54) is 12.1 Å². The lowest BCUT2D eigenvalue weighted by Crippen LogP contribution is -2.30. The molecule has 0 radical (unpaired) electrons. The Kier molecular flexibility index (Phi) is 5.12. The predicted octanol–water partition coefficient (Wildman–Crippen LogP) is 2.82. The highest BCUT2D eigenvalue weighted by atomic mass is 32.2. The molecule has 3 N–H and O–H groups in total. The average Bonchev–Trinajstić information content (AvgIpc) is 2.92. The van der Waals surface area contributed by atoms with Gasteiger partial charge in [0.05, 0.1) is 10.6 Å². The molecule has 8 heteroatoms. The Labute approximate surface area is 147 Å². The van der Waals surface area contributed by atoms with Gasteiger partial charge in [-0.3, -0.25) is 15.6 Å². The van der Waals surface area contributed by atoms with Crippen molar-refractivity contribution < 1.29 is 8.42 Å². The van der Waals surface area contributed by atoms with Crippen LogP contribution in [0.15, 0.2) is 69.7 Å². The van der Waals surface area contributed by atoms with Gasteiger partial charge in [0.1, 0.15) is 6.04 Å². The molecule has 0 saturated carbocycles. The minimum Gasteiger partial charge on any atom is -0.280 e. The number of nitrogens with zero attached hydrogens (tertiary/aromatic N) is 2. The van der Waals surface area contributed by atoms with Crippen molar-refractivity contribution in [1.82, 2.24) is 10.9 Å². The predicted molar refractivity (Wildman–Crippen MR) is 97.2 cm³/mol. The highest BCUT2D eigenvalue weighted by molar-refractivity contribution is 7.92. The maximum atomic E-state index is 12.4. The van der Waals surface area contributed by atoms with Crippen LogP contribution in [0.3, 0.4) is 0 Å². The van der Waals surface area contributed by atoms with Crippen molar-refractivity contribution in [2.45, 2.75) is 36.9 Å². The smallest absolute Gasteiger partial charge is 0.261 e. The van der Waals surface area contributed by atoms with Crippen LogP contribution in [0.2, 0.25) is 0 Å². The first kappa shape index (κ1) is 17.5. The van der Waals surface area contributed by atoms with Gasteiger partial charge in [-0.1, -0.05) is 18.2 Å². The Morgan fingerprint density at radius 3 is 2.12 bits per heavy atom. The summed E-state index contributed by atoms with van der Waals surface area (Å²) in [5.74, 6) is 0. The number of sulfonamides is 1. The molecule has 0 bridgehead atoms. The largest absolute Gasteiger partial charge is 0.280 e. The maximum Gasteiger partial charge on any atom is 0.261 e. The summed E-state index contributed by atoms with van der Waals surface area (Å²) in [5, 5.41) is 8.58. The van der Waals surface area contributed by atoms with E-state index in [2.05, 4.69) is 25.8 Å². The number of azo groups is 1. The number of rotatable bonds is 5. The lowest BCUT2D eigenvalue weighted by molar-refractivity contribution is 0.546. The molecular formula is C17H21N5O2S. The number of hydrogen-bond donors (Lipinski definition) is 3. The van der Waals surface area contributed by atoms with Crippen LogP contribution in [-0.2, 0) is 10.0 Å². The van der Waals surface area contributed by atoms with Gasteiger partial charge in [-0.15, -0.1) is 0 Å². The monoisotopic (exact) mass is 359 g/mol. The van der Waals surface area contributed by atoms with Gasteiger partial charge in [0.15, 0.2) is 0 Å². The number of benzene rings is 2. The first-order chi connectivity index (χ1) is 12.0. The van der Waals surface area contributed by atoms with E-state index in [0.29, 0.717) is 11.4 Å². The van der Waals surface area contributed by atoms with Crippen molar-refractivity contribution >= 4 is 21.4 Å². The van der Waals surface area contributed by atoms with Gasteiger partial charge in [0.25, 0.3) is 10.0 Å². The molecule has 0 spiro atoms. The normalized spacial score (nSPS) is 23.8. The van der Waals surface area contributed by atoms with Crippen LogP contribution < -0.4 is 15.6 Å². The molecule has 25 heavy (non-hydrogen) atoms. The van der Waals surface area contributed by atoms with Crippen LogP contribution in [0, 0.1) is 0 Å². The standard InChI is InChI=1S/C17H21N5O2S/c1-12-17(13(2)19-18-12)21-20-14-8-10-16(11-9-14)25(23,24)22-15-6-4-3-5-7-15/h3-13,17-19,22H,1-2H3. The quantitative estimate of drug-likeness (QED) is 0.716. The summed E-state index contributed by atoms with van der Waals surface area (Å²) in [6.45, 7) is 4.07. The summed E-state index contributed by atoms with van der Waals surface area (Å²) in [6, 6.07) is 15.5. The number of hydrogen-bond acceptors (Lipinski definition) is 6. The van der Waals surface area contributed by atoms with Gasteiger partial charge >= 0.3 is 0 Å². The molecule has 1 heterocycles. The molecule has 1 aliphatic rings. The van der Waals surface area contributed by atoms with Crippen LogP contribution in [0.25, 0.3) is 0 Å². The molecule has 2 aromatic carbocycles. The topological polar surface area (TPSA) is 94.9 Å². The number of para-hydroxylation sites is 1. The van der Waals surface area contributed by atoms with E-state index in [1.54, 1.807) is 36.4 Å². The molecule has 7 nitrogen and oxygen atoms in total. The van der Waals surface area contributed by atoms with Gasteiger partial charge < -0.3 is 0 Å². The second-order valence-corrected chi connectivity index (χ2v) is 7.72. The summed E-state index contributed by atoms with van der Waals surface area (Å²) in [4.78, 5) is 0.182. The molecule has 0 aromatic heterocycles. The fourth-order valence-corrected chi connectivity index (χ4v) is 3.67. The van der Waals surface area contributed by atoms with E-state index in [9.17, 15) is 8.42 Å². The maximum absolute atomic E-state index is 12.4. The second kappa shape index (κ2) is 7.30. The van der Waals surface area contributed by atoms with E-state index in [4.69, 9.17) is 0 Å². The van der Waals surface area contributed by atoms with Crippen molar-refractivity contribution in [3.05, 3.63) is 54.6 Å². The van der Waals surface area contributed by atoms with Gasteiger partial charge in [0, 0.05) is 17.8 Å². The molecule has 2 aromatic rings.